The number of allylic oxidation sites excluding steroid dienone is 6. The molecule has 156 valence electrons. The SMILES string of the molecule is CC(C)CCC[C@@H](C)[C@H]1CC=C2C3=C(C=C[C@@]21C)[C@@]1(C)CC[C@H](O)C[C@@H]1CC3. The summed E-state index contributed by atoms with van der Waals surface area (Å²) in [6, 6.07) is 0. The number of aliphatic hydroxyl groups excluding tert-OH is 1. The molecular weight excluding hydrogens is 340 g/mol. The van der Waals surface area contributed by atoms with E-state index in [2.05, 4.69) is 52.8 Å². The zero-order valence-corrected chi connectivity index (χ0v) is 18.9. The first-order valence-electron chi connectivity index (χ1n) is 12.1. The Hall–Kier alpha value is -0.820. The molecule has 0 aromatic rings. The van der Waals surface area contributed by atoms with Gasteiger partial charge in [-0.25, -0.2) is 0 Å². The highest BCUT2D eigenvalue weighted by Crippen LogP contribution is 2.61. The minimum Gasteiger partial charge on any atom is -0.393 e. The molecule has 0 amide bonds. The van der Waals surface area contributed by atoms with E-state index < -0.39 is 0 Å². The Morgan fingerprint density at radius 3 is 2.68 bits per heavy atom. The van der Waals surface area contributed by atoms with Crippen LogP contribution >= 0.6 is 0 Å². The lowest BCUT2D eigenvalue weighted by atomic mass is 9.53. The zero-order valence-electron chi connectivity index (χ0n) is 18.9. The number of fused-ring (bicyclic) bond motifs is 4. The van der Waals surface area contributed by atoms with Gasteiger partial charge in [0, 0.05) is 5.41 Å². The smallest absolute Gasteiger partial charge is 0.0543 e. The molecule has 4 aliphatic carbocycles. The van der Waals surface area contributed by atoms with E-state index in [1.165, 1.54) is 38.5 Å². The first kappa shape index (κ1) is 20.5. The van der Waals surface area contributed by atoms with E-state index in [0.717, 1.165) is 37.0 Å². The summed E-state index contributed by atoms with van der Waals surface area (Å²) >= 11 is 0. The number of hydrogen-bond donors (Lipinski definition) is 1. The second-order valence-corrected chi connectivity index (χ2v) is 11.4. The Balaban J connectivity index is 1.55. The molecule has 0 aliphatic heterocycles. The summed E-state index contributed by atoms with van der Waals surface area (Å²) in [4.78, 5) is 0. The maximum Gasteiger partial charge on any atom is 0.0543 e. The molecule has 0 aromatic heterocycles. The molecule has 6 atom stereocenters. The van der Waals surface area contributed by atoms with Crippen LogP contribution in [-0.4, -0.2) is 11.2 Å². The number of rotatable bonds is 5. The highest BCUT2D eigenvalue weighted by Gasteiger charge is 2.51. The molecule has 1 saturated carbocycles. The van der Waals surface area contributed by atoms with E-state index in [0.29, 0.717) is 5.92 Å². The van der Waals surface area contributed by atoms with Gasteiger partial charge in [-0.05, 0) is 84.3 Å². The second-order valence-electron chi connectivity index (χ2n) is 11.4. The summed E-state index contributed by atoms with van der Waals surface area (Å²) in [7, 11) is 0. The minimum absolute atomic E-state index is 0.0696. The lowest BCUT2D eigenvalue weighted by Crippen LogP contribution is -2.42. The summed E-state index contributed by atoms with van der Waals surface area (Å²) in [6.45, 7) is 12.2. The topological polar surface area (TPSA) is 20.2 Å². The largest absolute Gasteiger partial charge is 0.393 e. The third kappa shape index (κ3) is 3.26. The molecule has 1 nitrogen and oxygen atoms in total. The van der Waals surface area contributed by atoms with Crippen LogP contribution in [0.2, 0.25) is 0 Å². The fraction of sp³-hybridized carbons (Fsp3) is 0.778. The summed E-state index contributed by atoms with van der Waals surface area (Å²) in [6.07, 6.45) is 18.7. The standard InChI is InChI=1S/C27H42O/c1-18(2)7-6-8-19(3)23-11-12-24-22-10-9-20-17-21(28)13-15-26(20,4)25(22)14-16-27(23,24)5/h12,14,16,18-21,23,28H,6-11,13,15,17H2,1-5H3/t19-,20+,21+,23-,26+,27-/m1/s1. The Morgan fingerprint density at radius 2 is 1.93 bits per heavy atom. The van der Waals surface area contributed by atoms with Crippen molar-refractivity contribution in [2.24, 2.45) is 34.5 Å². The van der Waals surface area contributed by atoms with Crippen LogP contribution in [0.4, 0.5) is 0 Å². The van der Waals surface area contributed by atoms with E-state index in [9.17, 15) is 5.11 Å². The number of aliphatic hydroxyl groups is 1. The van der Waals surface area contributed by atoms with E-state index >= 15 is 0 Å². The average Bonchev–Trinajstić information content (AvgIpc) is 2.99. The van der Waals surface area contributed by atoms with Crippen LogP contribution in [0.1, 0.15) is 92.4 Å². The molecule has 0 spiro atoms. The lowest BCUT2D eigenvalue weighted by Gasteiger charge is -2.51. The van der Waals surface area contributed by atoms with Gasteiger partial charge in [0.25, 0.3) is 0 Å². The van der Waals surface area contributed by atoms with Gasteiger partial charge in [0.15, 0.2) is 0 Å². The molecule has 4 aliphatic rings. The highest BCUT2D eigenvalue weighted by atomic mass is 16.3. The van der Waals surface area contributed by atoms with Gasteiger partial charge in [0.1, 0.15) is 0 Å². The molecule has 0 radical (unpaired) electrons. The molecule has 1 heteroatoms. The van der Waals surface area contributed by atoms with E-state index in [4.69, 9.17) is 0 Å². The van der Waals surface area contributed by atoms with Gasteiger partial charge in [-0.2, -0.15) is 0 Å². The fourth-order valence-corrected chi connectivity index (χ4v) is 7.24. The van der Waals surface area contributed by atoms with Gasteiger partial charge >= 0.3 is 0 Å². The van der Waals surface area contributed by atoms with Crippen molar-refractivity contribution < 1.29 is 5.11 Å². The molecule has 4 rings (SSSR count). The van der Waals surface area contributed by atoms with Crippen LogP contribution in [0.5, 0.6) is 0 Å². The van der Waals surface area contributed by atoms with Gasteiger partial charge < -0.3 is 5.11 Å². The van der Waals surface area contributed by atoms with E-state index in [1.54, 1.807) is 16.7 Å². The summed E-state index contributed by atoms with van der Waals surface area (Å²) in [5, 5.41) is 10.2. The van der Waals surface area contributed by atoms with Crippen molar-refractivity contribution in [2.75, 3.05) is 0 Å². The van der Waals surface area contributed by atoms with E-state index in [-0.39, 0.29) is 16.9 Å². The molecule has 0 saturated heterocycles. The van der Waals surface area contributed by atoms with Crippen LogP contribution in [0.25, 0.3) is 0 Å². The molecule has 0 aromatic carbocycles. The minimum atomic E-state index is -0.0696. The maximum atomic E-state index is 10.2. The Bertz CT molecular complexity index is 695. The monoisotopic (exact) mass is 382 g/mol. The van der Waals surface area contributed by atoms with Crippen molar-refractivity contribution in [2.45, 2.75) is 98.5 Å². The van der Waals surface area contributed by atoms with Crippen LogP contribution in [0.3, 0.4) is 0 Å². The van der Waals surface area contributed by atoms with Crippen molar-refractivity contribution in [1.82, 2.24) is 0 Å². The predicted octanol–water partition coefficient (Wildman–Crippen LogP) is 7.23. The molecule has 28 heavy (non-hydrogen) atoms. The first-order valence-corrected chi connectivity index (χ1v) is 12.1. The van der Waals surface area contributed by atoms with Crippen molar-refractivity contribution in [1.29, 1.82) is 0 Å². The highest BCUT2D eigenvalue weighted by molar-refractivity contribution is 5.56. The van der Waals surface area contributed by atoms with Gasteiger partial charge in [-0.3, -0.25) is 0 Å². The predicted molar refractivity (Wildman–Crippen MR) is 119 cm³/mol. The van der Waals surface area contributed by atoms with Gasteiger partial charge in [-0.1, -0.05) is 72.1 Å². The fourth-order valence-electron chi connectivity index (χ4n) is 7.24. The Morgan fingerprint density at radius 1 is 1.14 bits per heavy atom. The van der Waals surface area contributed by atoms with Crippen molar-refractivity contribution >= 4 is 0 Å². The summed E-state index contributed by atoms with van der Waals surface area (Å²) < 4.78 is 0. The zero-order chi connectivity index (χ0) is 20.1. The third-order valence-electron chi connectivity index (χ3n) is 9.11. The molecule has 0 unspecified atom stereocenters. The quantitative estimate of drug-likeness (QED) is 0.532. The third-order valence-corrected chi connectivity index (χ3v) is 9.11. The Kier molecular flexibility index (Phi) is 5.45. The molecular formula is C27H42O. The van der Waals surface area contributed by atoms with Crippen LogP contribution < -0.4 is 0 Å². The molecule has 0 heterocycles. The second kappa shape index (κ2) is 7.46. The first-order chi connectivity index (χ1) is 13.3. The average molecular weight is 383 g/mol. The van der Waals surface area contributed by atoms with Gasteiger partial charge in [-0.15, -0.1) is 0 Å². The van der Waals surface area contributed by atoms with Crippen LogP contribution in [0.15, 0.2) is 34.9 Å². The van der Waals surface area contributed by atoms with Crippen molar-refractivity contribution in [3.05, 3.63) is 34.9 Å². The van der Waals surface area contributed by atoms with Crippen molar-refractivity contribution in [3.63, 3.8) is 0 Å². The summed E-state index contributed by atoms with van der Waals surface area (Å²) in [5.41, 5.74) is 5.53. The lowest BCUT2D eigenvalue weighted by molar-refractivity contribution is 0.0296. The van der Waals surface area contributed by atoms with E-state index in [1.807, 2.05) is 0 Å². The van der Waals surface area contributed by atoms with Gasteiger partial charge in [0.2, 0.25) is 0 Å². The number of hydrogen-bond acceptors (Lipinski definition) is 1. The maximum absolute atomic E-state index is 10.2. The van der Waals surface area contributed by atoms with Gasteiger partial charge in [0.05, 0.1) is 6.10 Å². The van der Waals surface area contributed by atoms with Crippen LogP contribution in [0, 0.1) is 34.5 Å². The Labute approximate surface area is 173 Å². The molecule has 1 N–H and O–H groups in total. The normalized spacial score (nSPS) is 40.8. The molecule has 0 bridgehead atoms. The van der Waals surface area contributed by atoms with Crippen molar-refractivity contribution in [3.8, 4) is 0 Å². The summed E-state index contributed by atoms with van der Waals surface area (Å²) in [5.74, 6) is 3.05. The molecule has 1 fully saturated rings. The van der Waals surface area contributed by atoms with Crippen LogP contribution in [-0.2, 0) is 0 Å².